The van der Waals surface area contributed by atoms with Gasteiger partial charge in [0.15, 0.2) is 6.61 Å². The van der Waals surface area contributed by atoms with Crippen LogP contribution >= 0.6 is 0 Å². The molecule has 0 bridgehead atoms. The highest BCUT2D eigenvalue weighted by atomic mass is 16.5. The van der Waals surface area contributed by atoms with Gasteiger partial charge in [0.1, 0.15) is 11.3 Å². The van der Waals surface area contributed by atoms with Crippen LogP contribution in [-0.2, 0) is 13.0 Å². The van der Waals surface area contributed by atoms with Crippen molar-refractivity contribution in [2.45, 2.75) is 13.0 Å². The summed E-state index contributed by atoms with van der Waals surface area (Å²) in [6.07, 6.45) is 0.802. The molecule has 6 nitrogen and oxygen atoms in total. The zero-order valence-electron chi connectivity index (χ0n) is 15.8. The second-order valence-corrected chi connectivity index (χ2v) is 7.16. The molecule has 0 spiro atoms. The number of nitrogens with one attached hydrogen (secondary N) is 1. The van der Waals surface area contributed by atoms with Crippen LogP contribution in [0.4, 0.5) is 0 Å². The molecule has 6 heteroatoms. The third kappa shape index (κ3) is 3.21. The largest absolute Gasteiger partial charge is 0.485 e. The Morgan fingerprint density at radius 2 is 1.97 bits per heavy atom. The van der Waals surface area contributed by atoms with Gasteiger partial charge in [0.25, 0.3) is 0 Å². The average Bonchev–Trinajstić information content (AvgIpc) is 2.87. The third-order valence-electron chi connectivity index (χ3n) is 5.37. The fourth-order valence-corrected chi connectivity index (χ4v) is 4.06. The molecule has 29 heavy (non-hydrogen) atoms. The van der Waals surface area contributed by atoms with E-state index in [1.165, 1.54) is 6.07 Å². The zero-order valence-corrected chi connectivity index (χ0v) is 15.8. The number of hydrogen-bond acceptors (Lipinski definition) is 5. The number of ether oxygens (including phenoxy) is 1. The number of para-hydroxylation sites is 1. The van der Waals surface area contributed by atoms with Gasteiger partial charge < -0.3 is 19.0 Å². The van der Waals surface area contributed by atoms with Crippen LogP contribution in [-0.4, -0.2) is 30.0 Å². The normalized spacial score (nSPS) is 13.9. The highest BCUT2D eigenvalue weighted by Crippen LogP contribution is 2.28. The number of nitrogens with zero attached hydrogens (tertiary/aromatic N) is 1. The lowest BCUT2D eigenvalue weighted by atomic mass is 10.1. The lowest BCUT2D eigenvalue weighted by molar-refractivity contribution is 0.0922. The first-order valence-corrected chi connectivity index (χ1v) is 9.71. The van der Waals surface area contributed by atoms with Crippen molar-refractivity contribution in [1.29, 1.82) is 0 Å². The lowest BCUT2D eigenvalue weighted by Gasteiger charge is -2.09. The van der Waals surface area contributed by atoms with Gasteiger partial charge in [-0.25, -0.2) is 4.79 Å². The van der Waals surface area contributed by atoms with Gasteiger partial charge in [0.05, 0.1) is 5.56 Å². The molecule has 5 rings (SSSR count). The molecule has 0 saturated heterocycles. The molecule has 2 aromatic heterocycles. The van der Waals surface area contributed by atoms with Crippen LogP contribution in [0.25, 0.3) is 21.9 Å². The minimum Gasteiger partial charge on any atom is -0.485 e. The highest BCUT2D eigenvalue weighted by molar-refractivity contribution is 6.10. The van der Waals surface area contributed by atoms with E-state index in [2.05, 4.69) is 16.0 Å². The minimum atomic E-state index is -0.415. The zero-order chi connectivity index (χ0) is 19.8. The molecule has 3 heterocycles. The second kappa shape index (κ2) is 7.22. The Morgan fingerprint density at radius 3 is 2.90 bits per heavy atom. The molecule has 0 atom stereocenters. The lowest BCUT2D eigenvalue weighted by Crippen LogP contribution is -2.17. The number of benzene rings is 2. The van der Waals surface area contributed by atoms with Gasteiger partial charge in [-0.05, 0) is 24.3 Å². The molecule has 0 unspecified atom stereocenters. The Kier molecular flexibility index (Phi) is 4.41. The summed E-state index contributed by atoms with van der Waals surface area (Å²) in [6.45, 7) is 2.50. The van der Waals surface area contributed by atoms with Gasteiger partial charge in [0.2, 0.25) is 5.78 Å². The fourth-order valence-electron chi connectivity index (χ4n) is 4.06. The van der Waals surface area contributed by atoms with Crippen molar-refractivity contribution >= 4 is 27.7 Å². The van der Waals surface area contributed by atoms with Crippen molar-refractivity contribution in [2.24, 2.45) is 0 Å². The number of Topliss-reactive ketones (excluding diaryl/α,β-unsaturated/α-hetero) is 1. The van der Waals surface area contributed by atoms with E-state index in [1.807, 2.05) is 24.3 Å². The fraction of sp³-hybridized carbons (Fsp3) is 0.217. The standard InChI is InChI=1S/C23H20N2O4/c26-20(14-28-16-7-5-15-6-8-22(27)29-21(15)13-16)23-17-3-1-2-4-18(17)25-12-11-24-10-9-19(23)25/h1-8,13,24H,9-12,14H2. The maximum absolute atomic E-state index is 13.2. The SMILES string of the molecule is O=C(COc1ccc2ccc(=O)oc2c1)c1c2n(c3ccccc13)CCNCC2. The predicted molar refractivity (Wildman–Crippen MR) is 111 cm³/mol. The van der Waals surface area contributed by atoms with Gasteiger partial charge in [-0.3, -0.25) is 4.79 Å². The Labute approximate surface area is 166 Å². The van der Waals surface area contributed by atoms with E-state index in [9.17, 15) is 9.59 Å². The van der Waals surface area contributed by atoms with Crippen molar-refractivity contribution in [1.82, 2.24) is 9.88 Å². The topological polar surface area (TPSA) is 73.5 Å². The molecule has 0 fully saturated rings. The van der Waals surface area contributed by atoms with Crippen molar-refractivity contribution in [3.05, 3.63) is 76.3 Å². The highest BCUT2D eigenvalue weighted by Gasteiger charge is 2.23. The van der Waals surface area contributed by atoms with E-state index >= 15 is 0 Å². The Hall–Kier alpha value is -3.38. The smallest absolute Gasteiger partial charge is 0.336 e. The van der Waals surface area contributed by atoms with Crippen molar-refractivity contribution < 1.29 is 13.9 Å². The number of ketones is 1. The summed E-state index contributed by atoms with van der Waals surface area (Å²) in [6, 6.07) is 16.3. The summed E-state index contributed by atoms with van der Waals surface area (Å²) in [5.41, 5.74) is 2.92. The van der Waals surface area contributed by atoms with E-state index in [4.69, 9.17) is 9.15 Å². The van der Waals surface area contributed by atoms with E-state index < -0.39 is 5.63 Å². The molecule has 0 aliphatic carbocycles. The summed E-state index contributed by atoms with van der Waals surface area (Å²) in [5, 5.41) is 5.17. The molecule has 4 aromatic rings. The number of fused-ring (bicyclic) bond motifs is 4. The molecule has 1 aliphatic rings. The number of rotatable bonds is 4. The first-order valence-electron chi connectivity index (χ1n) is 9.71. The van der Waals surface area contributed by atoms with E-state index in [1.54, 1.807) is 18.2 Å². The van der Waals surface area contributed by atoms with Crippen molar-refractivity contribution in [2.75, 3.05) is 19.7 Å². The Bertz CT molecular complexity index is 1290. The summed E-state index contributed by atoms with van der Waals surface area (Å²) < 4.78 is 13.2. The summed E-state index contributed by atoms with van der Waals surface area (Å²) in [4.78, 5) is 24.6. The molecular formula is C23H20N2O4. The molecule has 146 valence electrons. The number of carbonyl (C=O) groups is 1. The van der Waals surface area contributed by atoms with Crippen molar-refractivity contribution in [3.63, 3.8) is 0 Å². The van der Waals surface area contributed by atoms with Crippen LogP contribution < -0.4 is 15.7 Å². The van der Waals surface area contributed by atoms with Crippen molar-refractivity contribution in [3.8, 4) is 5.75 Å². The van der Waals surface area contributed by atoms with Crippen LogP contribution in [0.15, 0.2) is 63.8 Å². The Balaban J connectivity index is 1.46. The van der Waals surface area contributed by atoms with E-state index in [0.717, 1.165) is 53.6 Å². The third-order valence-corrected chi connectivity index (χ3v) is 5.37. The second-order valence-electron chi connectivity index (χ2n) is 7.16. The number of aromatic nitrogens is 1. The molecule has 1 N–H and O–H groups in total. The monoisotopic (exact) mass is 388 g/mol. The van der Waals surface area contributed by atoms with E-state index in [-0.39, 0.29) is 12.4 Å². The predicted octanol–water partition coefficient (Wildman–Crippen LogP) is 3.16. The van der Waals surface area contributed by atoms with Gasteiger partial charge in [-0.2, -0.15) is 0 Å². The molecule has 0 saturated carbocycles. The van der Waals surface area contributed by atoms with Crippen LogP contribution in [0, 0.1) is 0 Å². The molecule has 0 amide bonds. The maximum Gasteiger partial charge on any atom is 0.336 e. The average molecular weight is 388 g/mol. The van der Waals surface area contributed by atoms with Gasteiger partial charge in [-0.1, -0.05) is 18.2 Å². The van der Waals surface area contributed by atoms with Crippen LogP contribution in [0.1, 0.15) is 16.1 Å². The number of hydrogen-bond donors (Lipinski definition) is 1. The summed E-state index contributed by atoms with van der Waals surface area (Å²) >= 11 is 0. The molecule has 2 aromatic carbocycles. The number of carbonyl (C=O) groups excluding carboxylic acids is 1. The van der Waals surface area contributed by atoms with Crippen LogP contribution in [0.3, 0.4) is 0 Å². The van der Waals surface area contributed by atoms with E-state index in [0.29, 0.717) is 11.3 Å². The molecule has 0 radical (unpaired) electrons. The van der Waals surface area contributed by atoms with Gasteiger partial charge in [0, 0.05) is 60.2 Å². The van der Waals surface area contributed by atoms with Gasteiger partial charge >= 0.3 is 5.63 Å². The summed E-state index contributed by atoms with van der Waals surface area (Å²) in [5.74, 6) is 0.447. The van der Waals surface area contributed by atoms with Gasteiger partial charge in [-0.15, -0.1) is 0 Å². The quantitative estimate of drug-likeness (QED) is 0.429. The first-order chi connectivity index (χ1) is 14.2. The molecule has 1 aliphatic heterocycles. The van der Waals surface area contributed by atoms with Crippen LogP contribution in [0.2, 0.25) is 0 Å². The molecular weight excluding hydrogens is 368 g/mol. The summed E-state index contributed by atoms with van der Waals surface area (Å²) in [7, 11) is 0. The Morgan fingerprint density at radius 1 is 1.10 bits per heavy atom. The maximum atomic E-state index is 13.2. The van der Waals surface area contributed by atoms with Crippen LogP contribution in [0.5, 0.6) is 5.75 Å². The minimum absolute atomic E-state index is 0.0496. The first kappa shape index (κ1) is 17.7.